The fourth-order valence-corrected chi connectivity index (χ4v) is 5.70. The zero-order valence-electron chi connectivity index (χ0n) is 23.5. The first-order valence-electron chi connectivity index (χ1n) is 14.0. The summed E-state index contributed by atoms with van der Waals surface area (Å²) in [6.45, 7) is 3.53. The van der Waals surface area contributed by atoms with Crippen molar-refractivity contribution >= 4 is 33.4 Å². The van der Waals surface area contributed by atoms with Crippen LogP contribution in [0.3, 0.4) is 0 Å². The maximum absolute atomic E-state index is 13.7. The SMILES string of the molecule is COCCOc1ccc(C(=O)Nc2ccccc2C(=O)N2CCN(C(c3ccccc3)c3ccccc3)CC2)cc1Br. The van der Waals surface area contributed by atoms with E-state index in [-0.39, 0.29) is 17.9 Å². The van der Waals surface area contributed by atoms with E-state index in [0.717, 1.165) is 13.1 Å². The number of hydrogen-bond acceptors (Lipinski definition) is 5. The standard InChI is InChI=1S/C34H34BrN3O4/c1-41-22-23-42-31-17-16-27(24-29(31)35)33(39)36-30-15-9-8-14-28(30)34(40)38-20-18-37(19-21-38)32(25-10-4-2-5-11-25)26-12-6-3-7-13-26/h2-17,24,32H,18-23H2,1H3,(H,36,39). The number of piperazine rings is 1. The highest BCUT2D eigenvalue weighted by atomic mass is 79.9. The van der Waals surface area contributed by atoms with Crippen molar-refractivity contribution in [1.29, 1.82) is 0 Å². The molecule has 0 bridgehead atoms. The normalized spacial score (nSPS) is 13.6. The molecule has 0 unspecified atom stereocenters. The molecule has 1 aliphatic heterocycles. The van der Waals surface area contributed by atoms with Crippen LogP contribution in [0.4, 0.5) is 5.69 Å². The molecule has 1 saturated heterocycles. The summed E-state index contributed by atoms with van der Waals surface area (Å²) in [4.78, 5) is 31.2. The summed E-state index contributed by atoms with van der Waals surface area (Å²) in [5.74, 6) is 0.224. The average molecular weight is 629 g/mol. The summed E-state index contributed by atoms with van der Waals surface area (Å²) in [6.07, 6.45) is 0. The Labute approximate surface area is 255 Å². The first kappa shape index (κ1) is 29.5. The van der Waals surface area contributed by atoms with E-state index >= 15 is 0 Å². The number of nitrogens with zero attached hydrogens (tertiary/aromatic N) is 2. The molecule has 0 saturated carbocycles. The van der Waals surface area contributed by atoms with E-state index in [2.05, 4.69) is 74.7 Å². The van der Waals surface area contributed by atoms with Crippen LogP contribution in [0.5, 0.6) is 5.75 Å². The van der Waals surface area contributed by atoms with Crippen molar-refractivity contribution in [2.75, 3.05) is 51.8 Å². The number of hydrogen-bond donors (Lipinski definition) is 1. The maximum atomic E-state index is 13.7. The number of nitrogens with one attached hydrogen (secondary N) is 1. The molecule has 5 rings (SSSR count). The van der Waals surface area contributed by atoms with Crippen molar-refractivity contribution in [3.05, 3.63) is 130 Å². The largest absolute Gasteiger partial charge is 0.490 e. The van der Waals surface area contributed by atoms with E-state index in [1.54, 1.807) is 37.4 Å². The first-order chi connectivity index (χ1) is 20.5. The number of methoxy groups -OCH3 is 1. The smallest absolute Gasteiger partial charge is 0.256 e. The zero-order chi connectivity index (χ0) is 29.3. The zero-order valence-corrected chi connectivity index (χ0v) is 25.1. The molecule has 1 fully saturated rings. The minimum Gasteiger partial charge on any atom is -0.490 e. The van der Waals surface area contributed by atoms with Gasteiger partial charge in [0.2, 0.25) is 0 Å². The molecular formula is C34H34BrN3O4. The first-order valence-corrected chi connectivity index (χ1v) is 14.8. The Hall–Kier alpha value is -3.98. The lowest BCUT2D eigenvalue weighted by atomic mass is 9.96. The summed E-state index contributed by atoms with van der Waals surface area (Å²) in [5.41, 5.74) is 3.87. The van der Waals surface area contributed by atoms with E-state index in [0.29, 0.717) is 53.3 Å². The number of para-hydroxylation sites is 1. The Balaban J connectivity index is 1.26. The number of ether oxygens (including phenoxy) is 2. The van der Waals surface area contributed by atoms with Crippen LogP contribution in [-0.2, 0) is 4.74 Å². The Morgan fingerprint density at radius 3 is 2.05 bits per heavy atom. The van der Waals surface area contributed by atoms with Crippen LogP contribution in [0.1, 0.15) is 37.9 Å². The third-order valence-corrected chi connectivity index (χ3v) is 7.96. The Kier molecular flexibility index (Phi) is 10.0. The summed E-state index contributed by atoms with van der Waals surface area (Å²) in [6, 6.07) is 33.4. The molecule has 0 aromatic heterocycles. The number of amides is 2. The van der Waals surface area contributed by atoms with Crippen molar-refractivity contribution < 1.29 is 19.1 Å². The van der Waals surface area contributed by atoms with Gasteiger partial charge < -0.3 is 19.7 Å². The van der Waals surface area contributed by atoms with Crippen molar-refractivity contribution in [1.82, 2.24) is 9.80 Å². The fourth-order valence-electron chi connectivity index (χ4n) is 5.21. The molecule has 0 aliphatic carbocycles. The third kappa shape index (κ3) is 7.07. The Morgan fingerprint density at radius 2 is 1.43 bits per heavy atom. The van der Waals surface area contributed by atoms with Crippen LogP contribution in [0.15, 0.2) is 108 Å². The fraction of sp³-hybridized carbons (Fsp3) is 0.235. The molecule has 0 atom stereocenters. The lowest BCUT2D eigenvalue weighted by Gasteiger charge is -2.40. The highest BCUT2D eigenvalue weighted by Gasteiger charge is 2.29. The van der Waals surface area contributed by atoms with Gasteiger partial charge in [0.1, 0.15) is 12.4 Å². The van der Waals surface area contributed by atoms with Gasteiger partial charge in [0.15, 0.2) is 0 Å². The second-order valence-electron chi connectivity index (χ2n) is 10.0. The Bertz CT molecular complexity index is 1450. The number of carbonyl (C=O) groups is 2. The van der Waals surface area contributed by atoms with Crippen molar-refractivity contribution in [2.24, 2.45) is 0 Å². The molecule has 2 amide bonds. The molecule has 8 heteroatoms. The molecule has 42 heavy (non-hydrogen) atoms. The van der Waals surface area contributed by atoms with Gasteiger partial charge in [-0.3, -0.25) is 14.5 Å². The van der Waals surface area contributed by atoms with Crippen molar-refractivity contribution in [2.45, 2.75) is 6.04 Å². The van der Waals surface area contributed by atoms with Gasteiger partial charge in [-0.1, -0.05) is 72.8 Å². The summed E-state index contributed by atoms with van der Waals surface area (Å²) < 4.78 is 11.3. The molecule has 4 aromatic rings. The average Bonchev–Trinajstić information content (AvgIpc) is 3.03. The topological polar surface area (TPSA) is 71.1 Å². The number of rotatable bonds is 10. The van der Waals surface area contributed by atoms with Gasteiger partial charge >= 0.3 is 0 Å². The molecule has 0 spiro atoms. The minimum absolute atomic E-state index is 0.0930. The highest BCUT2D eigenvalue weighted by Crippen LogP contribution is 2.30. The molecule has 4 aromatic carbocycles. The second kappa shape index (κ2) is 14.3. The summed E-state index contributed by atoms with van der Waals surface area (Å²) in [5, 5.41) is 2.94. The number of anilines is 1. The lowest BCUT2D eigenvalue weighted by Crippen LogP contribution is -2.50. The van der Waals surface area contributed by atoms with Crippen LogP contribution < -0.4 is 10.1 Å². The van der Waals surface area contributed by atoms with Gasteiger partial charge in [-0.15, -0.1) is 0 Å². The van der Waals surface area contributed by atoms with Gasteiger partial charge in [0.05, 0.1) is 28.4 Å². The van der Waals surface area contributed by atoms with Crippen LogP contribution in [0.2, 0.25) is 0 Å². The predicted molar refractivity (Wildman–Crippen MR) is 168 cm³/mol. The minimum atomic E-state index is -0.308. The van der Waals surface area contributed by atoms with Crippen LogP contribution >= 0.6 is 15.9 Å². The predicted octanol–water partition coefficient (Wildman–Crippen LogP) is 6.27. The molecule has 7 nitrogen and oxygen atoms in total. The maximum Gasteiger partial charge on any atom is 0.256 e. The van der Waals surface area contributed by atoms with Gasteiger partial charge in [-0.05, 0) is 57.4 Å². The Morgan fingerprint density at radius 1 is 0.810 bits per heavy atom. The molecule has 216 valence electrons. The quantitative estimate of drug-likeness (QED) is 0.210. The van der Waals surface area contributed by atoms with E-state index in [1.165, 1.54) is 11.1 Å². The van der Waals surface area contributed by atoms with Crippen LogP contribution in [0.25, 0.3) is 0 Å². The third-order valence-electron chi connectivity index (χ3n) is 7.34. The van der Waals surface area contributed by atoms with Crippen LogP contribution in [0, 0.1) is 0 Å². The number of carbonyl (C=O) groups excluding carboxylic acids is 2. The lowest BCUT2D eigenvalue weighted by molar-refractivity contribution is 0.0598. The van der Waals surface area contributed by atoms with Crippen molar-refractivity contribution in [3.8, 4) is 5.75 Å². The number of benzene rings is 4. The summed E-state index contributed by atoms with van der Waals surface area (Å²) >= 11 is 3.48. The van der Waals surface area contributed by atoms with E-state index in [1.807, 2.05) is 29.2 Å². The monoisotopic (exact) mass is 627 g/mol. The molecule has 1 N–H and O–H groups in total. The molecular weight excluding hydrogens is 594 g/mol. The molecule has 1 heterocycles. The van der Waals surface area contributed by atoms with Gasteiger partial charge in [-0.25, -0.2) is 0 Å². The molecule has 0 radical (unpaired) electrons. The van der Waals surface area contributed by atoms with Crippen LogP contribution in [-0.4, -0.2) is 68.1 Å². The number of halogens is 1. The highest BCUT2D eigenvalue weighted by molar-refractivity contribution is 9.10. The summed E-state index contributed by atoms with van der Waals surface area (Å²) in [7, 11) is 1.61. The van der Waals surface area contributed by atoms with Gasteiger partial charge in [0, 0.05) is 38.9 Å². The van der Waals surface area contributed by atoms with E-state index in [9.17, 15) is 9.59 Å². The van der Waals surface area contributed by atoms with Gasteiger partial charge in [-0.2, -0.15) is 0 Å². The van der Waals surface area contributed by atoms with Crippen molar-refractivity contribution in [3.63, 3.8) is 0 Å². The van der Waals surface area contributed by atoms with E-state index < -0.39 is 0 Å². The second-order valence-corrected chi connectivity index (χ2v) is 10.9. The molecule has 1 aliphatic rings. The van der Waals surface area contributed by atoms with Gasteiger partial charge in [0.25, 0.3) is 11.8 Å². The van der Waals surface area contributed by atoms with E-state index in [4.69, 9.17) is 9.47 Å².